The number of nitrogens with zero attached hydrogens (tertiary/aromatic N) is 1. The maximum Gasteiger partial charge on any atom is 0.0964 e. The van der Waals surface area contributed by atoms with E-state index < -0.39 is 5.60 Å². The predicted octanol–water partition coefficient (Wildman–Crippen LogP) is 1.66. The van der Waals surface area contributed by atoms with Crippen molar-refractivity contribution >= 4 is 17.6 Å². The minimum Gasteiger partial charge on any atom is -0.387 e. The van der Waals surface area contributed by atoms with E-state index in [1.165, 1.54) is 19.3 Å². The van der Waals surface area contributed by atoms with E-state index >= 15 is 0 Å². The van der Waals surface area contributed by atoms with E-state index in [4.69, 9.17) is 0 Å². The highest BCUT2D eigenvalue weighted by atomic mass is 32.2. The van der Waals surface area contributed by atoms with Crippen molar-refractivity contribution in [2.24, 2.45) is 4.99 Å². The molecular formula is C11H22N2OS. The summed E-state index contributed by atoms with van der Waals surface area (Å²) in [6.07, 6.45) is 6.74. The Morgan fingerprint density at radius 1 is 1.47 bits per heavy atom. The Hall–Kier alpha value is -0.220. The largest absolute Gasteiger partial charge is 0.387 e. The summed E-state index contributed by atoms with van der Waals surface area (Å²) in [5.41, 5.74) is -0.631. The molecule has 2 N–H and O–H groups in total. The minimum absolute atomic E-state index is 0.604. The van der Waals surface area contributed by atoms with Gasteiger partial charge in [-0.1, -0.05) is 6.42 Å². The first kappa shape index (κ1) is 12.8. The number of hydrogen-bond donors (Lipinski definition) is 2. The second kappa shape index (κ2) is 6.38. The number of amidine groups is 1. The van der Waals surface area contributed by atoms with Crippen molar-refractivity contribution < 1.29 is 5.11 Å². The Morgan fingerprint density at radius 2 is 2.27 bits per heavy atom. The summed E-state index contributed by atoms with van der Waals surface area (Å²) in [7, 11) is 0. The first-order chi connectivity index (χ1) is 7.14. The van der Waals surface area contributed by atoms with Crippen LogP contribution in [0.1, 0.15) is 32.6 Å². The van der Waals surface area contributed by atoms with Gasteiger partial charge in [-0.3, -0.25) is 4.99 Å². The van der Waals surface area contributed by atoms with E-state index in [0.29, 0.717) is 6.54 Å². The van der Waals surface area contributed by atoms with Gasteiger partial charge in [-0.15, -0.1) is 0 Å². The van der Waals surface area contributed by atoms with E-state index in [0.717, 1.165) is 24.6 Å². The van der Waals surface area contributed by atoms with Crippen LogP contribution in [0.25, 0.3) is 0 Å². The Morgan fingerprint density at radius 3 is 3.00 bits per heavy atom. The monoisotopic (exact) mass is 230 g/mol. The normalized spacial score (nSPS) is 21.4. The average molecular weight is 230 g/mol. The van der Waals surface area contributed by atoms with Crippen LogP contribution in [0.15, 0.2) is 4.99 Å². The summed E-state index contributed by atoms with van der Waals surface area (Å²) in [5.74, 6) is 1.83. The molecule has 0 amide bonds. The highest BCUT2D eigenvalue weighted by molar-refractivity contribution is 7.98. The zero-order chi connectivity index (χ0) is 11.1. The lowest BCUT2D eigenvalue weighted by atomic mass is 10.1. The first-order valence-corrected chi connectivity index (χ1v) is 7.02. The van der Waals surface area contributed by atoms with Crippen molar-refractivity contribution in [1.29, 1.82) is 0 Å². The summed E-state index contributed by atoms with van der Waals surface area (Å²) in [4.78, 5) is 4.47. The zero-order valence-electron chi connectivity index (χ0n) is 9.75. The average Bonchev–Trinajstić information content (AvgIpc) is 2.43. The molecule has 0 saturated heterocycles. The van der Waals surface area contributed by atoms with Crippen molar-refractivity contribution in [2.75, 3.05) is 25.1 Å². The molecule has 15 heavy (non-hydrogen) atoms. The molecule has 1 heterocycles. The van der Waals surface area contributed by atoms with E-state index in [-0.39, 0.29) is 0 Å². The molecule has 0 aromatic heterocycles. The lowest BCUT2D eigenvalue weighted by Crippen LogP contribution is -2.42. The molecule has 0 aromatic rings. The standard InChI is InChI=1S/C11H22N2OS/c1-11(14,9-15-2)8-13-10-6-4-3-5-7-12-10/h14H,3-9H2,1-2H3,(H,12,13). The quantitative estimate of drug-likeness (QED) is 0.772. The van der Waals surface area contributed by atoms with Gasteiger partial charge < -0.3 is 10.4 Å². The van der Waals surface area contributed by atoms with Gasteiger partial charge in [0, 0.05) is 25.3 Å². The maximum atomic E-state index is 9.98. The SMILES string of the molecule is CSCC(C)(O)CNC1=NCCCCC1. The molecule has 0 bridgehead atoms. The third kappa shape index (κ3) is 5.42. The zero-order valence-corrected chi connectivity index (χ0v) is 10.6. The van der Waals surface area contributed by atoms with Gasteiger partial charge in [0.1, 0.15) is 0 Å². The molecule has 0 saturated carbocycles. The number of thioether (sulfide) groups is 1. The van der Waals surface area contributed by atoms with Crippen LogP contribution in [0, 0.1) is 0 Å². The molecule has 88 valence electrons. The van der Waals surface area contributed by atoms with Crippen molar-refractivity contribution in [3.8, 4) is 0 Å². The highest BCUT2D eigenvalue weighted by Gasteiger charge is 2.19. The van der Waals surface area contributed by atoms with E-state index in [9.17, 15) is 5.11 Å². The topological polar surface area (TPSA) is 44.6 Å². The predicted molar refractivity (Wildman–Crippen MR) is 67.8 cm³/mol. The van der Waals surface area contributed by atoms with Crippen molar-refractivity contribution in [3.63, 3.8) is 0 Å². The summed E-state index contributed by atoms with van der Waals surface area (Å²) < 4.78 is 0. The molecule has 1 aliphatic heterocycles. The molecule has 1 rings (SSSR count). The molecule has 0 aromatic carbocycles. The van der Waals surface area contributed by atoms with Gasteiger partial charge in [0.15, 0.2) is 0 Å². The number of aliphatic imine (C=N–C) groups is 1. The van der Waals surface area contributed by atoms with Crippen molar-refractivity contribution in [3.05, 3.63) is 0 Å². The Balaban J connectivity index is 2.31. The Bertz CT molecular complexity index is 217. The molecule has 0 aliphatic carbocycles. The van der Waals surface area contributed by atoms with Crippen LogP contribution < -0.4 is 5.32 Å². The third-order valence-electron chi connectivity index (χ3n) is 2.50. The lowest BCUT2D eigenvalue weighted by molar-refractivity contribution is 0.0899. The van der Waals surface area contributed by atoms with Gasteiger partial charge in [-0.25, -0.2) is 0 Å². The molecule has 4 heteroatoms. The summed E-state index contributed by atoms with van der Waals surface area (Å²) in [6, 6.07) is 0. The van der Waals surface area contributed by atoms with Gasteiger partial charge in [0.2, 0.25) is 0 Å². The van der Waals surface area contributed by atoms with Crippen LogP contribution >= 0.6 is 11.8 Å². The van der Waals surface area contributed by atoms with E-state index in [1.807, 2.05) is 13.2 Å². The van der Waals surface area contributed by atoms with E-state index in [2.05, 4.69) is 10.3 Å². The number of hydrogen-bond acceptors (Lipinski definition) is 4. The fourth-order valence-electron chi connectivity index (χ4n) is 1.67. The van der Waals surface area contributed by atoms with Crippen LogP contribution in [-0.4, -0.2) is 41.6 Å². The van der Waals surface area contributed by atoms with Crippen LogP contribution in [-0.2, 0) is 0 Å². The van der Waals surface area contributed by atoms with Gasteiger partial charge in [0.05, 0.1) is 11.4 Å². The molecule has 1 aliphatic rings. The maximum absolute atomic E-state index is 9.98. The molecule has 0 radical (unpaired) electrons. The highest BCUT2D eigenvalue weighted by Crippen LogP contribution is 2.10. The van der Waals surface area contributed by atoms with Crippen LogP contribution in [0.3, 0.4) is 0 Å². The molecule has 0 spiro atoms. The van der Waals surface area contributed by atoms with Crippen LogP contribution in [0.2, 0.25) is 0 Å². The number of nitrogens with one attached hydrogen (secondary N) is 1. The smallest absolute Gasteiger partial charge is 0.0964 e. The van der Waals surface area contributed by atoms with E-state index in [1.54, 1.807) is 11.8 Å². The molecule has 1 unspecified atom stereocenters. The molecule has 3 nitrogen and oxygen atoms in total. The van der Waals surface area contributed by atoms with Gasteiger partial charge >= 0.3 is 0 Å². The van der Waals surface area contributed by atoms with Gasteiger partial charge in [-0.2, -0.15) is 11.8 Å². The van der Waals surface area contributed by atoms with Crippen molar-refractivity contribution in [2.45, 2.75) is 38.2 Å². The summed E-state index contributed by atoms with van der Waals surface area (Å²) in [6.45, 7) is 3.41. The first-order valence-electron chi connectivity index (χ1n) is 5.62. The van der Waals surface area contributed by atoms with Crippen LogP contribution in [0.5, 0.6) is 0 Å². The second-order valence-corrected chi connectivity index (χ2v) is 5.29. The Kier molecular flexibility index (Phi) is 5.47. The minimum atomic E-state index is -0.631. The van der Waals surface area contributed by atoms with Gasteiger partial charge in [0.25, 0.3) is 0 Å². The van der Waals surface area contributed by atoms with Crippen molar-refractivity contribution in [1.82, 2.24) is 5.32 Å². The summed E-state index contributed by atoms with van der Waals surface area (Å²) >= 11 is 1.67. The second-order valence-electron chi connectivity index (χ2n) is 4.42. The molecule has 1 atom stereocenters. The number of aliphatic hydroxyl groups is 1. The lowest BCUT2D eigenvalue weighted by Gasteiger charge is -2.23. The summed E-state index contributed by atoms with van der Waals surface area (Å²) in [5, 5.41) is 13.3. The van der Waals surface area contributed by atoms with Gasteiger partial charge in [-0.05, 0) is 26.0 Å². The Labute approximate surface area is 96.7 Å². The third-order valence-corrected chi connectivity index (χ3v) is 3.41. The fraction of sp³-hybridized carbons (Fsp3) is 0.909. The molecule has 0 fully saturated rings. The fourth-order valence-corrected chi connectivity index (χ4v) is 2.40. The molecular weight excluding hydrogens is 208 g/mol. The number of rotatable bonds is 4. The van der Waals surface area contributed by atoms with Crippen LogP contribution in [0.4, 0.5) is 0 Å².